The molecule has 0 heterocycles. The third-order valence-electron chi connectivity index (χ3n) is 1.51. The van der Waals surface area contributed by atoms with Crippen LogP contribution >= 0.6 is 22.6 Å². The Bertz CT molecular complexity index is 301. The van der Waals surface area contributed by atoms with Crippen molar-refractivity contribution in [2.75, 3.05) is 0 Å². The zero-order valence-electron chi connectivity index (χ0n) is 6.20. The number of carbonyl (C=O) groups is 1. The first-order valence-corrected chi connectivity index (χ1v) is 4.43. The Morgan fingerprint density at radius 1 is 1.50 bits per heavy atom. The largest absolute Gasteiger partial charge is 0.480 e. The molecule has 3 nitrogen and oxygen atoms in total. The van der Waals surface area contributed by atoms with E-state index >= 15 is 0 Å². The molecule has 0 radical (unpaired) electrons. The topological polar surface area (TPSA) is 63.3 Å². The van der Waals surface area contributed by atoms with Crippen molar-refractivity contribution in [1.82, 2.24) is 0 Å². The van der Waals surface area contributed by atoms with Crippen LogP contribution in [0.4, 0.5) is 0 Å². The summed E-state index contributed by atoms with van der Waals surface area (Å²) in [5.41, 5.74) is 6.09. The van der Waals surface area contributed by atoms with Crippen LogP contribution in [0.5, 0.6) is 0 Å². The van der Waals surface area contributed by atoms with Crippen molar-refractivity contribution in [3.05, 3.63) is 33.4 Å². The van der Waals surface area contributed by atoms with Gasteiger partial charge in [-0.1, -0.05) is 18.2 Å². The lowest BCUT2D eigenvalue weighted by molar-refractivity contribution is -0.138. The van der Waals surface area contributed by atoms with Gasteiger partial charge in [0.05, 0.1) is 0 Å². The molecule has 1 rings (SSSR count). The summed E-state index contributed by atoms with van der Waals surface area (Å²) in [6, 6.07) is 6.26. The van der Waals surface area contributed by atoms with E-state index in [9.17, 15) is 4.79 Å². The Labute approximate surface area is 83.7 Å². The molecule has 0 fully saturated rings. The number of carboxylic acid groups (broad SMARTS) is 1. The van der Waals surface area contributed by atoms with Gasteiger partial charge in [-0.2, -0.15) is 0 Å². The van der Waals surface area contributed by atoms with E-state index in [4.69, 9.17) is 10.8 Å². The normalized spacial score (nSPS) is 12.5. The molecule has 1 aromatic carbocycles. The molecule has 0 aromatic heterocycles. The first-order valence-electron chi connectivity index (χ1n) is 3.35. The lowest BCUT2D eigenvalue weighted by Gasteiger charge is -2.07. The zero-order chi connectivity index (χ0) is 9.14. The maximum Gasteiger partial charge on any atom is 0.325 e. The van der Waals surface area contributed by atoms with Crippen molar-refractivity contribution in [2.45, 2.75) is 6.04 Å². The molecule has 1 aromatic rings. The monoisotopic (exact) mass is 277 g/mol. The second kappa shape index (κ2) is 3.86. The molecule has 12 heavy (non-hydrogen) atoms. The Morgan fingerprint density at radius 3 is 2.58 bits per heavy atom. The highest BCUT2D eigenvalue weighted by molar-refractivity contribution is 14.1. The number of benzene rings is 1. The Hall–Kier alpha value is -0.620. The number of carboxylic acids is 1. The maximum atomic E-state index is 10.5. The van der Waals surface area contributed by atoms with E-state index in [0.29, 0.717) is 5.56 Å². The fourth-order valence-electron chi connectivity index (χ4n) is 0.860. The lowest BCUT2D eigenvalue weighted by atomic mass is 10.1. The van der Waals surface area contributed by atoms with Gasteiger partial charge in [-0.05, 0) is 34.2 Å². The van der Waals surface area contributed by atoms with Crippen molar-refractivity contribution >= 4 is 28.6 Å². The minimum Gasteiger partial charge on any atom is -0.480 e. The van der Waals surface area contributed by atoms with Crippen molar-refractivity contribution < 1.29 is 9.90 Å². The number of hydrogen-bond donors (Lipinski definition) is 2. The second-order valence-corrected chi connectivity index (χ2v) is 3.50. The summed E-state index contributed by atoms with van der Waals surface area (Å²) in [6.07, 6.45) is 0. The van der Waals surface area contributed by atoms with Crippen LogP contribution < -0.4 is 5.73 Å². The van der Waals surface area contributed by atoms with Crippen molar-refractivity contribution in [3.8, 4) is 0 Å². The summed E-state index contributed by atoms with van der Waals surface area (Å²) in [5.74, 6) is -1.00. The van der Waals surface area contributed by atoms with Gasteiger partial charge in [0.15, 0.2) is 0 Å². The van der Waals surface area contributed by atoms with E-state index in [0.717, 1.165) is 3.57 Å². The Balaban J connectivity index is 3.02. The van der Waals surface area contributed by atoms with Crippen molar-refractivity contribution in [3.63, 3.8) is 0 Å². The van der Waals surface area contributed by atoms with Crippen LogP contribution in [-0.2, 0) is 4.79 Å². The van der Waals surface area contributed by atoms with E-state index in [1.165, 1.54) is 0 Å². The lowest BCUT2D eigenvalue weighted by Crippen LogP contribution is -2.21. The van der Waals surface area contributed by atoms with Crippen LogP contribution in [0.15, 0.2) is 24.3 Å². The molecule has 0 saturated heterocycles. The molecule has 1 atom stereocenters. The van der Waals surface area contributed by atoms with Gasteiger partial charge in [-0.15, -0.1) is 0 Å². The molecule has 0 aliphatic rings. The van der Waals surface area contributed by atoms with Crippen LogP contribution in [-0.4, -0.2) is 11.1 Å². The van der Waals surface area contributed by atoms with Crippen molar-refractivity contribution in [1.29, 1.82) is 0 Å². The van der Waals surface area contributed by atoms with Gasteiger partial charge in [-0.25, -0.2) is 0 Å². The number of halogens is 1. The fraction of sp³-hybridized carbons (Fsp3) is 0.125. The summed E-state index contributed by atoms with van der Waals surface area (Å²) in [6.45, 7) is 0. The average molecular weight is 277 g/mol. The predicted molar refractivity (Wildman–Crippen MR) is 53.7 cm³/mol. The van der Waals surface area contributed by atoms with Crippen molar-refractivity contribution in [2.24, 2.45) is 5.73 Å². The van der Waals surface area contributed by atoms with Gasteiger partial charge in [0.25, 0.3) is 0 Å². The van der Waals surface area contributed by atoms with E-state index in [2.05, 4.69) is 22.6 Å². The second-order valence-electron chi connectivity index (χ2n) is 2.34. The SMILES string of the molecule is N[C@@H](C(=O)O)c1ccccc1I. The van der Waals surface area contributed by atoms with Gasteiger partial charge < -0.3 is 10.8 Å². The molecular formula is C8H8INO2. The number of nitrogens with two attached hydrogens (primary N) is 1. The predicted octanol–water partition coefficient (Wildman–Crippen LogP) is 1.38. The van der Waals surface area contributed by atoms with Gasteiger partial charge in [0.2, 0.25) is 0 Å². The smallest absolute Gasteiger partial charge is 0.325 e. The van der Waals surface area contributed by atoms with E-state index in [1.54, 1.807) is 12.1 Å². The van der Waals surface area contributed by atoms with E-state index in [1.807, 2.05) is 12.1 Å². The molecule has 0 aliphatic heterocycles. The standard InChI is InChI=1S/C8H8INO2/c9-6-4-2-1-3-5(6)7(10)8(11)12/h1-4,7H,10H2,(H,11,12)/t7-/m1/s1. The number of aliphatic carboxylic acids is 1. The third-order valence-corrected chi connectivity index (χ3v) is 2.49. The van der Waals surface area contributed by atoms with Crippen LogP contribution in [0.1, 0.15) is 11.6 Å². The summed E-state index contributed by atoms with van der Waals surface area (Å²) < 4.78 is 0.880. The first kappa shape index (κ1) is 9.47. The van der Waals surface area contributed by atoms with E-state index < -0.39 is 12.0 Å². The number of hydrogen-bond acceptors (Lipinski definition) is 2. The summed E-state index contributed by atoms with van der Waals surface area (Å²) in [5, 5.41) is 8.63. The Morgan fingerprint density at radius 2 is 2.08 bits per heavy atom. The first-order chi connectivity index (χ1) is 5.63. The summed E-state index contributed by atoms with van der Waals surface area (Å²) in [7, 11) is 0. The van der Waals surface area contributed by atoms with Gasteiger partial charge >= 0.3 is 5.97 Å². The average Bonchev–Trinajstić information content (AvgIpc) is 2.04. The summed E-state index contributed by atoms with van der Waals surface area (Å²) in [4.78, 5) is 10.5. The maximum absolute atomic E-state index is 10.5. The van der Waals surface area contributed by atoms with Gasteiger partial charge in [-0.3, -0.25) is 4.79 Å². The molecule has 0 bridgehead atoms. The molecular weight excluding hydrogens is 269 g/mol. The third kappa shape index (κ3) is 1.95. The number of rotatable bonds is 2. The highest BCUT2D eigenvalue weighted by Crippen LogP contribution is 2.17. The molecule has 0 amide bonds. The van der Waals surface area contributed by atoms with Gasteiger partial charge in [0, 0.05) is 3.57 Å². The van der Waals surface area contributed by atoms with Gasteiger partial charge in [0.1, 0.15) is 6.04 Å². The molecule has 0 unspecified atom stereocenters. The van der Waals surface area contributed by atoms with E-state index in [-0.39, 0.29) is 0 Å². The van der Waals surface area contributed by atoms with Crippen LogP contribution in [0, 0.1) is 3.57 Å². The molecule has 4 heteroatoms. The zero-order valence-corrected chi connectivity index (χ0v) is 8.36. The Kier molecular flexibility index (Phi) is 3.05. The fourth-order valence-corrected chi connectivity index (χ4v) is 1.58. The quantitative estimate of drug-likeness (QED) is 0.803. The molecule has 0 aliphatic carbocycles. The molecule has 0 saturated carbocycles. The van der Waals surface area contributed by atoms with Crippen LogP contribution in [0.2, 0.25) is 0 Å². The molecule has 64 valence electrons. The minimum absolute atomic E-state index is 0.658. The molecule has 0 spiro atoms. The highest BCUT2D eigenvalue weighted by atomic mass is 127. The minimum atomic E-state index is -1.00. The van der Waals surface area contributed by atoms with Crippen LogP contribution in [0.3, 0.4) is 0 Å². The highest BCUT2D eigenvalue weighted by Gasteiger charge is 2.15. The molecule has 3 N–H and O–H groups in total. The summed E-state index contributed by atoms with van der Waals surface area (Å²) >= 11 is 2.07. The van der Waals surface area contributed by atoms with Crippen LogP contribution in [0.25, 0.3) is 0 Å².